The molecule has 5 atom stereocenters. The van der Waals surface area contributed by atoms with E-state index in [1.807, 2.05) is 26.0 Å². The lowest BCUT2D eigenvalue weighted by atomic mass is 9.91. The molecule has 0 spiro atoms. The van der Waals surface area contributed by atoms with Crippen molar-refractivity contribution in [2.45, 2.75) is 83.2 Å². The summed E-state index contributed by atoms with van der Waals surface area (Å²) in [7, 11) is -3.75. The maximum Gasteiger partial charge on any atom is 0.266 e. The Balaban J connectivity index is 1.38. The SMILES string of the molecule is CC[C@H](C)[C@H](NC(=O)C1C[C@@H](OCc2ccc(Cl)cc2)CN1C(=O)[C@@H](CCC1CCNCC1)NS(C)(=O)=O)C(=O)c1nc2ccccc2o1. The number of ether oxygens (including phenoxy) is 1. The zero-order valence-electron chi connectivity index (χ0n) is 28.2. The summed E-state index contributed by atoms with van der Waals surface area (Å²) in [4.78, 5) is 47.9. The van der Waals surface area contributed by atoms with E-state index in [9.17, 15) is 22.8 Å². The first kappa shape index (κ1) is 36.9. The van der Waals surface area contributed by atoms with Gasteiger partial charge in [0.05, 0.1) is 25.0 Å². The molecule has 1 aromatic heterocycles. The van der Waals surface area contributed by atoms with Crippen molar-refractivity contribution in [1.82, 2.24) is 25.2 Å². The standard InChI is InChI=1S/C35H46ClN5O7S/c1-4-22(2)31(32(42)34-38-27-7-5-6-8-30(27)48-34)39-33(43)29-19-26(47-21-24-9-12-25(36)13-10-24)20-41(29)35(44)28(40-49(3,45)46)14-11-23-15-17-37-18-16-23/h5-10,12-13,22-23,26,28-29,31,37,40H,4,11,14-21H2,1-3H3,(H,39,43)/t22-,26+,28+,29?,31-/m0/s1. The number of Topliss-reactive ketones (excluding diaryl/α,β-unsaturated/α-hetero) is 1. The van der Waals surface area contributed by atoms with Crippen molar-refractivity contribution in [3.63, 3.8) is 0 Å². The van der Waals surface area contributed by atoms with Crippen LogP contribution in [-0.2, 0) is 31.0 Å². The molecule has 49 heavy (non-hydrogen) atoms. The number of halogens is 1. The first-order valence-electron chi connectivity index (χ1n) is 17.0. The summed E-state index contributed by atoms with van der Waals surface area (Å²) >= 11 is 6.04. The first-order chi connectivity index (χ1) is 23.4. The number of benzene rings is 2. The molecule has 0 saturated carbocycles. The Morgan fingerprint density at radius 1 is 1.12 bits per heavy atom. The van der Waals surface area contributed by atoms with Crippen molar-refractivity contribution in [3.8, 4) is 0 Å². The summed E-state index contributed by atoms with van der Waals surface area (Å²) in [5, 5.41) is 6.83. The van der Waals surface area contributed by atoms with Gasteiger partial charge in [-0.25, -0.2) is 18.1 Å². The highest BCUT2D eigenvalue weighted by Crippen LogP contribution is 2.27. The molecule has 1 unspecified atom stereocenters. The van der Waals surface area contributed by atoms with Gasteiger partial charge in [-0.3, -0.25) is 14.4 Å². The smallest absolute Gasteiger partial charge is 0.266 e. The van der Waals surface area contributed by atoms with Gasteiger partial charge >= 0.3 is 0 Å². The molecule has 2 amide bonds. The highest BCUT2D eigenvalue weighted by atomic mass is 35.5. The second-order valence-corrected chi connectivity index (χ2v) is 15.5. The molecular weight excluding hydrogens is 670 g/mol. The maximum atomic E-state index is 14.2. The van der Waals surface area contributed by atoms with Crippen molar-refractivity contribution >= 4 is 50.3 Å². The monoisotopic (exact) mass is 715 g/mol. The van der Waals surface area contributed by atoms with E-state index in [-0.39, 0.29) is 31.4 Å². The minimum Gasteiger partial charge on any atom is -0.434 e. The second-order valence-electron chi connectivity index (χ2n) is 13.2. The number of rotatable bonds is 15. The fraction of sp³-hybridized carbons (Fsp3) is 0.543. The molecule has 3 N–H and O–H groups in total. The van der Waals surface area contributed by atoms with Gasteiger partial charge in [0, 0.05) is 18.0 Å². The van der Waals surface area contributed by atoms with Gasteiger partial charge in [0.1, 0.15) is 17.6 Å². The van der Waals surface area contributed by atoms with E-state index >= 15 is 0 Å². The number of carbonyl (C=O) groups is 3. The van der Waals surface area contributed by atoms with E-state index in [0.717, 1.165) is 37.8 Å². The zero-order valence-corrected chi connectivity index (χ0v) is 29.8. The molecule has 2 aliphatic rings. The van der Waals surface area contributed by atoms with Gasteiger partial charge in [0.15, 0.2) is 5.58 Å². The van der Waals surface area contributed by atoms with Crippen molar-refractivity contribution in [2.24, 2.45) is 11.8 Å². The van der Waals surface area contributed by atoms with Crippen molar-refractivity contribution in [3.05, 3.63) is 65.0 Å². The topological polar surface area (TPSA) is 160 Å². The molecule has 2 saturated heterocycles. The lowest BCUT2D eigenvalue weighted by molar-refractivity contribution is -0.140. The average molecular weight is 716 g/mol. The minimum absolute atomic E-state index is 0.0763. The Hall–Kier alpha value is -3.36. The number of nitrogens with one attached hydrogen (secondary N) is 3. The van der Waals surface area contributed by atoms with E-state index in [2.05, 4.69) is 20.3 Å². The highest BCUT2D eigenvalue weighted by Gasteiger charge is 2.44. The number of amides is 2. The molecule has 0 aliphatic carbocycles. The number of piperidine rings is 1. The number of likely N-dealkylation sites (tertiary alicyclic amines) is 1. The molecule has 12 nitrogen and oxygen atoms in total. The van der Waals surface area contributed by atoms with E-state index in [4.69, 9.17) is 20.8 Å². The molecule has 3 aromatic rings. The molecule has 2 aromatic carbocycles. The molecule has 14 heteroatoms. The van der Waals surface area contributed by atoms with E-state index < -0.39 is 51.9 Å². The summed E-state index contributed by atoms with van der Waals surface area (Å²) < 4.78 is 39.4. The highest BCUT2D eigenvalue weighted by molar-refractivity contribution is 7.88. The van der Waals surface area contributed by atoms with Gasteiger partial charge in [-0.1, -0.05) is 56.1 Å². The van der Waals surface area contributed by atoms with E-state index in [0.29, 0.717) is 41.3 Å². The number of sulfonamides is 1. The third kappa shape index (κ3) is 9.88. The number of oxazole rings is 1. The number of fused-ring (bicyclic) bond motifs is 1. The molecule has 3 heterocycles. The van der Waals surface area contributed by atoms with Crippen molar-refractivity contribution in [1.29, 1.82) is 0 Å². The van der Waals surface area contributed by atoms with Crippen LogP contribution in [0.5, 0.6) is 0 Å². The largest absolute Gasteiger partial charge is 0.434 e. The Kier molecular flexibility index (Phi) is 12.5. The summed E-state index contributed by atoms with van der Waals surface area (Å²) in [6, 6.07) is 11.2. The fourth-order valence-electron chi connectivity index (χ4n) is 6.53. The Labute approximate surface area is 292 Å². The van der Waals surface area contributed by atoms with E-state index in [1.54, 1.807) is 36.4 Å². The summed E-state index contributed by atoms with van der Waals surface area (Å²) in [5.41, 5.74) is 1.86. The van der Waals surface area contributed by atoms with Gasteiger partial charge < -0.3 is 24.7 Å². The van der Waals surface area contributed by atoms with Crippen molar-refractivity contribution in [2.75, 3.05) is 25.9 Å². The van der Waals surface area contributed by atoms with Crippen LogP contribution in [0.1, 0.15) is 68.6 Å². The summed E-state index contributed by atoms with van der Waals surface area (Å²) in [6.07, 6.45) is 4.09. The van der Waals surface area contributed by atoms with Crippen LogP contribution in [0.15, 0.2) is 52.9 Å². The molecule has 0 bridgehead atoms. The van der Waals surface area contributed by atoms with Crippen LogP contribution in [0.4, 0.5) is 0 Å². The van der Waals surface area contributed by atoms with Gasteiger partial charge in [0.25, 0.3) is 5.89 Å². The normalized spacial score (nSPS) is 20.6. The predicted octanol–water partition coefficient (Wildman–Crippen LogP) is 4.08. The number of hydrogen-bond donors (Lipinski definition) is 3. The van der Waals surface area contributed by atoms with Crippen LogP contribution in [-0.4, -0.2) is 86.0 Å². The second kappa shape index (κ2) is 16.6. The number of para-hydroxylation sites is 2. The molecule has 266 valence electrons. The van der Waals surface area contributed by atoms with E-state index in [1.165, 1.54) is 4.90 Å². The van der Waals surface area contributed by atoms with Gasteiger partial charge in [0.2, 0.25) is 27.6 Å². The summed E-state index contributed by atoms with van der Waals surface area (Å²) in [5.74, 6) is -1.52. The van der Waals surface area contributed by atoms with Crippen LogP contribution < -0.4 is 15.4 Å². The number of carbonyl (C=O) groups excluding carboxylic acids is 3. The number of hydrogen-bond acceptors (Lipinski definition) is 9. The zero-order chi connectivity index (χ0) is 35.1. The average Bonchev–Trinajstić information content (AvgIpc) is 3.73. The summed E-state index contributed by atoms with van der Waals surface area (Å²) in [6.45, 7) is 5.83. The van der Waals surface area contributed by atoms with Crippen LogP contribution in [0.3, 0.4) is 0 Å². The fourth-order valence-corrected chi connectivity index (χ4v) is 7.39. The van der Waals surface area contributed by atoms with Crippen LogP contribution >= 0.6 is 11.6 Å². The minimum atomic E-state index is -3.75. The van der Waals surface area contributed by atoms with Crippen molar-refractivity contribution < 1.29 is 32.0 Å². The Bertz CT molecular complexity index is 1680. The van der Waals surface area contributed by atoms with Gasteiger partial charge in [-0.2, -0.15) is 0 Å². The predicted molar refractivity (Wildman–Crippen MR) is 186 cm³/mol. The molecule has 2 aliphatic heterocycles. The quantitative estimate of drug-likeness (QED) is 0.197. The van der Waals surface area contributed by atoms with Gasteiger partial charge in [-0.15, -0.1) is 0 Å². The Morgan fingerprint density at radius 2 is 1.84 bits per heavy atom. The molecule has 2 fully saturated rings. The third-order valence-corrected chi connectivity index (χ3v) is 10.5. The third-order valence-electron chi connectivity index (χ3n) is 9.52. The molecule has 0 radical (unpaired) electrons. The lowest BCUT2D eigenvalue weighted by Gasteiger charge is -2.31. The number of nitrogens with zero attached hydrogens (tertiary/aromatic N) is 2. The van der Waals surface area contributed by atoms with Crippen LogP contribution in [0.25, 0.3) is 11.1 Å². The van der Waals surface area contributed by atoms with Crippen LogP contribution in [0.2, 0.25) is 5.02 Å². The lowest BCUT2D eigenvalue weighted by Crippen LogP contribution is -2.56. The number of aromatic nitrogens is 1. The maximum absolute atomic E-state index is 14.2. The molecular formula is C35H46ClN5O7S. The molecule has 5 rings (SSSR count). The first-order valence-corrected chi connectivity index (χ1v) is 19.2. The Morgan fingerprint density at radius 3 is 2.51 bits per heavy atom. The number of ketones is 1. The van der Waals surface area contributed by atoms with Crippen LogP contribution in [0, 0.1) is 11.8 Å². The van der Waals surface area contributed by atoms with Gasteiger partial charge in [-0.05, 0) is 80.4 Å².